The molecule has 1 heterocycles. The Morgan fingerprint density at radius 1 is 1.07 bits per heavy atom. The van der Waals surface area contributed by atoms with Crippen molar-refractivity contribution in [3.05, 3.63) is 58.5 Å². The smallest absolute Gasteiger partial charge is 0.276 e. The first-order valence-electron chi connectivity index (χ1n) is 8.97. The third-order valence-corrected chi connectivity index (χ3v) is 4.26. The SMILES string of the molecule is COc1ccc(NC(=O)c2nn(CC(C)C)c(=O)c3ccccc23)cc1OC. The third-order valence-electron chi connectivity index (χ3n) is 4.26. The van der Waals surface area contributed by atoms with Crippen LogP contribution in [0.5, 0.6) is 11.5 Å². The fourth-order valence-electron chi connectivity index (χ4n) is 2.98. The predicted molar refractivity (Wildman–Crippen MR) is 108 cm³/mol. The molecule has 0 saturated heterocycles. The molecule has 1 aromatic heterocycles. The predicted octanol–water partition coefficient (Wildman–Crippen LogP) is 3.32. The van der Waals surface area contributed by atoms with E-state index >= 15 is 0 Å². The molecule has 0 spiro atoms. The molecule has 0 fully saturated rings. The Bertz CT molecular complexity index is 1070. The van der Waals surface area contributed by atoms with E-state index in [1.54, 1.807) is 49.6 Å². The number of ether oxygens (including phenoxy) is 2. The monoisotopic (exact) mass is 381 g/mol. The molecule has 0 aliphatic carbocycles. The van der Waals surface area contributed by atoms with Gasteiger partial charge in [-0.1, -0.05) is 32.0 Å². The van der Waals surface area contributed by atoms with E-state index in [4.69, 9.17) is 9.47 Å². The molecule has 1 amide bonds. The largest absolute Gasteiger partial charge is 0.493 e. The fraction of sp³-hybridized carbons (Fsp3) is 0.286. The highest BCUT2D eigenvalue weighted by atomic mass is 16.5. The topological polar surface area (TPSA) is 82.5 Å². The zero-order valence-corrected chi connectivity index (χ0v) is 16.4. The van der Waals surface area contributed by atoms with E-state index in [9.17, 15) is 9.59 Å². The highest BCUT2D eigenvalue weighted by Gasteiger charge is 2.18. The molecule has 2 aromatic carbocycles. The Balaban J connectivity index is 2.04. The Labute approximate surface area is 162 Å². The van der Waals surface area contributed by atoms with Crippen LogP contribution in [0.15, 0.2) is 47.3 Å². The van der Waals surface area contributed by atoms with Crippen molar-refractivity contribution in [1.29, 1.82) is 0 Å². The van der Waals surface area contributed by atoms with Gasteiger partial charge in [-0.15, -0.1) is 0 Å². The number of rotatable bonds is 6. The van der Waals surface area contributed by atoms with E-state index < -0.39 is 5.91 Å². The van der Waals surface area contributed by atoms with Gasteiger partial charge in [0.15, 0.2) is 17.2 Å². The van der Waals surface area contributed by atoms with Gasteiger partial charge in [0, 0.05) is 23.7 Å². The van der Waals surface area contributed by atoms with E-state index in [-0.39, 0.29) is 17.2 Å². The first kappa shape index (κ1) is 19.4. The molecule has 0 saturated carbocycles. The van der Waals surface area contributed by atoms with Gasteiger partial charge in [0.1, 0.15) is 0 Å². The van der Waals surface area contributed by atoms with Crippen LogP contribution in [0.4, 0.5) is 5.69 Å². The molecule has 7 nitrogen and oxygen atoms in total. The highest BCUT2D eigenvalue weighted by Crippen LogP contribution is 2.30. The number of amides is 1. The Morgan fingerprint density at radius 3 is 2.39 bits per heavy atom. The molecule has 0 atom stereocenters. The zero-order valence-electron chi connectivity index (χ0n) is 16.4. The molecule has 0 unspecified atom stereocenters. The standard InChI is InChI=1S/C21H23N3O4/c1-13(2)12-24-21(26)16-8-6-5-7-15(16)19(23-24)20(25)22-14-9-10-17(27-3)18(11-14)28-4/h5-11,13H,12H2,1-4H3,(H,22,25). The highest BCUT2D eigenvalue weighted by molar-refractivity contribution is 6.11. The summed E-state index contributed by atoms with van der Waals surface area (Å²) in [4.78, 5) is 25.7. The maximum absolute atomic E-state index is 13.0. The third kappa shape index (κ3) is 3.83. The van der Waals surface area contributed by atoms with Gasteiger partial charge >= 0.3 is 0 Å². The van der Waals surface area contributed by atoms with E-state index in [0.717, 1.165) is 0 Å². The normalized spacial score (nSPS) is 10.9. The first-order chi connectivity index (χ1) is 13.4. The van der Waals surface area contributed by atoms with Gasteiger partial charge in [0.2, 0.25) is 0 Å². The lowest BCUT2D eigenvalue weighted by molar-refractivity contribution is 0.102. The summed E-state index contributed by atoms with van der Waals surface area (Å²) in [7, 11) is 3.07. The van der Waals surface area contributed by atoms with Gasteiger partial charge in [0.05, 0.1) is 19.6 Å². The Hall–Kier alpha value is -3.35. The van der Waals surface area contributed by atoms with E-state index in [0.29, 0.717) is 34.5 Å². The Morgan fingerprint density at radius 2 is 1.75 bits per heavy atom. The Kier molecular flexibility index (Phi) is 5.63. The summed E-state index contributed by atoms with van der Waals surface area (Å²) in [5.74, 6) is 0.881. The number of nitrogens with zero attached hydrogens (tertiary/aromatic N) is 2. The molecule has 1 N–H and O–H groups in total. The number of benzene rings is 2. The van der Waals surface area contributed by atoms with Crippen LogP contribution in [0.2, 0.25) is 0 Å². The minimum Gasteiger partial charge on any atom is -0.493 e. The van der Waals surface area contributed by atoms with Gasteiger partial charge in [-0.3, -0.25) is 9.59 Å². The van der Waals surface area contributed by atoms with Crippen molar-refractivity contribution in [2.45, 2.75) is 20.4 Å². The van der Waals surface area contributed by atoms with Crippen LogP contribution >= 0.6 is 0 Å². The van der Waals surface area contributed by atoms with Crippen molar-refractivity contribution in [3.63, 3.8) is 0 Å². The molecule has 3 aromatic rings. The zero-order chi connectivity index (χ0) is 20.3. The van der Waals surface area contributed by atoms with Gasteiger partial charge < -0.3 is 14.8 Å². The summed E-state index contributed by atoms with van der Waals surface area (Å²) >= 11 is 0. The summed E-state index contributed by atoms with van der Waals surface area (Å²) in [6.45, 7) is 4.42. The minimum absolute atomic E-state index is 0.200. The summed E-state index contributed by atoms with van der Waals surface area (Å²) in [6.07, 6.45) is 0. The fourth-order valence-corrected chi connectivity index (χ4v) is 2.98. The van der Waals surface area contributed by atoms with Crippen LogP contribution in [0.1, 0.15) is 24.3 Å². The number of nitrogens with one attached hydrogen (secondary N) is 1. The summed E-state index contributed by atoms with van der Waals surface area (Å²) in [5, 5.41) is 8.16. The molecule has 7 heteroatoms. The second-order valence-corrected chi connectivity index (χ2v) is 6.80. The average molecular weight is 381 g/mol. The molecule has 0 aliphatic rings. The van der Waals surface area contributed by atoms with E-state index in [2.05, 4.69) is 10.4 Å². The summed E-state index contributed by atoms with van der Waals surface area (Å²) < 4.78 is 11.8. The number of hydrogen-bond acceptors (Lipinski definition) is 5. The van der Waals surface area contributed by atoms with Crippen LogP contribution in [-0.4, -0.2) is 29.9 Å². The molecule has 28 heavy (non-hydrogen) atoms. The number of anilines is 1. The number of carbonyl (C=O) groups is 1. The quantitative estimate of drug-likeness (QED) is 0.708. The van der Waals surface area contributed by atoms with Crippen molar-refractivity contribution < 1.29 is 14.3 Å². The maximum Gasteiger partial charge on any atom is 0.276 e. The average Bonchev–Trinajstić information content (AvgIpc) is 2.69. The number of hydrogen-bond donors (Lipinski definition) is 1. The first-order valence-corrected chi connectivity index (χ1v) is 8.97. The molecule has 3 rings (SSSR count). The second kappa shape index (κ2) is 8.12. The van der Waals surface area contributed by atoms with Crippen molar-refractivity contribution in [2.24, 2.45) is 5.92 Å². The van der Waals surface area contributed by atoms with Crippen LogP contribution in [-0.2, 0) is 6.54 Å². The molecule has 0 aliphatic heterocycles. The molecular formula is C21H23N3O4. The van der Waals surface area contributed by atoms with Gasteiger partial charge in [-0.2, -0.15) is 5.10 Å². The molecular weight excluding hydrogens is 358 g/mol. The van der Waals surface area contributed by atoms with Crippen molar-refractivity contribution >= 4 is 22.4 Å². The van der Waals surface area contributed by atoms with Crippen molar-refractivity contribution in [3.8, 4) is 11.5 Å². The lowest BCUT2D eigenvalue weighted by atomic mass is 10.1. The lowest BCUT2D eigenvalue weighted by Crippen LogP contribution is -2.29. The number of aromatic nitrogens is 2. The van der Waals surface area contributed by atoms with Gasteiger partial charge in [-0.05, 0) is 24.1 Å². The van der Waals surface area contributed by atoms with Crippen molar-refractivity contribution in [1.82, 2.24) is 9.78 Å². The molecule has 146 valence electrons. The van der Waals surface area contributed by atoms with Crippen LogP contribution < -0.4 is 20.3 Å². The minimum atomic E-state index is -0.402. The maximum atomic E-state index is 13.0. The summed E-state index contributed by atoms with van der Waals surface area (Å²) in [6, 6.07) is 12.1. The summed E-state index contributed by atoms with van der Waals surface area (Å²) in [5.41, 5.74) is 0.535. The van der Waals surface area contributed by atoms with Crippen LogP contribution in [0.3, 0.4) is 0 Å². The lowest BCUT2D eigenvalue weighted by Gasteiger charge is -2.13. The van der Waals surface area contributed by atoms with Crippen LogP contribution in [0.25, 0.3) is 10.8 Å². The van der Waals surface area contributed by atoms with E-state index in [1.807, 2.05) is 13.8 Å². The number of fused-ring (bicyclic) bond motifs is 1. The molecule has 0 bridgehead atoms. The number of methoxy groups -OCH3 is 2. The van der Waals surface area contributed by atoms with Gasteiger partial charge in [-0.25, -0.2) is 4.68 Å². The molecule has 0 radical (unpaired) electrons. The second-order valence-electron chi connectivity index (χ2n) is 6.80. The van der Waals surface area contributed by atoms with Gasteiger partial charge in [0.25, 0.3) is 11.5 Å². The van der Waals surface area contributed by atoms with E-state index in [1.165, 1.54) is 11.8 Å². The number of carbonyl (C=O) groups excluding carboxylic acids is 1. The van der Waals surface area contributed by atoms with Crippen molar-refractivity contribution in [2.75, 3.05) is 19.5 Å². The van der Waals surface area contributed by atoms with Crippen LogP contribution in [0, 0.1) is 5.92 Å².